The van der Waals surface area contributed by atoms with Gasteiger partial charge in [-0.2, -0.15) is 0 Å². The van der Waals surface area contributed by atoms with Crippen LogP contribution in [0.3, 0.4) is 0 Å². The summed E-state index contributed by atoms with van der Waals surface area (Å²) in [5.41, 5.74) is 0. The Morgan fingerprint density at radius 3 is 0.364 bits per heavy atom. The van der Waals surface area contributed by atoms with Crippen LogP contribution in [0.5, 0.6) is 0 Å². The van der Waals surface area contributed by atoms with E-state index in [1.165, 1.54) is 0 Å². The molecule has 0 saturated heterocycles. The summed E-state index contributed by atoms with van der Waals surface area (Å²) in [6.07, 6.45) is 0. The van der Waals surface area contributed by atoms with Gasteiger partial charge < -0.3 is 76.6 Å². The van der Waals surface area contributed by atoms with E-state index < -0.39 is 25.4 Å². The van der Waals surface area contributed by atoms with Gasteiger partial charge in [-0.3, -0.25) is 0 Å². The van der Waals surface area contributed by atoms with Crippen LogP contribution in [-0.2, 0) is 17.1 Å². The van der Waals surface area contributed by atoms with Crippen LogP contribution in [0, 0.1) is 118 Å². The average Bonchev–Trinajstić information content (AvgIpc) is 1.94. The number of nitrogens with zero attached hydrogens (tertiary/aromatic N) is 5. The number of hydrogen-bond donors (Lipinski definition) is 0. The Labute approximate surface area is 160 Å². The smallest absolute Gasteiger partial charge is 0.356 e. The first-order chi connectivity index (χ1) is 8.66. The van der Waals surface area contributed by atoms with Crippen molar-refractivity contribution < 1.29 is 84.2 Å². The molecule has 20 nitrogen and oxygen atoms in total. The zero-order chi connectivity index (χ0) is 17.9. The summed E-state index contributed by atoms with van der Waals surface area (Å²) in [4.78, 5) is 41.2. The SMILES string of the molecule is O=[N+]([O-])[O-].O=[N+]([O-])[O-].O=[N+]([O-])[O-].O=[N+]([O-])[O-].O=[N+]([O-])[O-].[Ce+3].[Mn+2]. The predicted octanol–water partition coefficient (Wildman–Crippen LogP) is -1.20. The number of rotatable bonds is 0. The fraction of sp³-hybridized carbons (Fsp3) is 0. The third-order valence-corrected chi connectivity index (χ3v) is 0. The third-order valence-electron chi connectivity index (χ3n) is 0. The topological polar surface area (TPSA) is 331 Å². The van der Waals surface area contributed by atoms with Crippen LogP contribution in [0.4, 0.5) is 0 Å². The molecule has 0 rings (SSSR count). The molecule has 22 heavy (non-hydrogen) atoms. The minimum absolute atomic E-state index is 0. The molecule has 126 valence electrons. The molecule has 22 heteroatoms. The quantitative estimate of drug-likeness (QED) is 0.212. The zero-order valence-electron chi connectivity index (χ0n) is 9.24. The van der Waals surface area contributed by atoms with E-state index in [2.05, 4.69) is 0 Å². The molecule has 0 aromatic rings. The van der Waals surface area contributed by atoms with E-state index in [9.17, 15) is 0 Å². The molecule has 0 aromatic carbocycles. The van der Waals surface area contributed by atoms with Crippen LogP contribution in [0.15, 0.2) is 0 Å². The second kappa shape index (κ2) is 36.4. The van der Waals surface area contributed by atoms with Gasteiger partial charge in [0.15, 0.2) is 0 Å². The maximum atomic E-state index is 8.25. The second-order valence-electron chi connectivity index (χ2n) is 1.12. The molecule has 0 fully saturated rings. The molecule has 0 aliphatic heterocycles. The maximum absolute atomic E-state index is 8.25. The van der Waals surface area contributed by atoms with Crippen molar-refractivity contribution in [2.75, 3.05) is 0 Å². The molecule has 0 amide bonds. The molecule has 0 spiro atoms. The minimum Gasteiger partial charge on any atom is -0.356 e. The van der Waals surface area contributed by atoms with Crippen molar-refractivity contribution in [1.82, 2.24) is 0 Å². The second-order valence-corrected chi connectivity index (χ2v) is 1.12. The van der Waals surface area contributed by atoms with Crippen molar-refractivity contribution in [1.29, 1.82) is 0 Å². The average molecular weight is 505 g/mol. The molecule has 0 N–H and O–H groups in total. The van der Waals surface area contributed by atoms with Gasteiger partial charge in [-0.1, -0.05) is 0 Å². The molecule has 0 atom stereocenters. The van der Waals surface area contributed by atoms with Crippen LogP contribution < -0.4 is 0 Å². The zero-order valence-corrected chi connectivity index (χ0v) is 13.6. The van der Waals surface area contributed by atoms with Gasteiger partial charge in [-0.25, -0.2) is 0 Å². The summed E-state index contributed by atoms with van der Waals surface area (Å²) in [5, 5.41) is 73.8. The molecule has 0 heterocycles. The third kappa shape index (κ3) is 1150. The summed E-state index contributed by atoms with van der Waals surface area (Å²) < 4.78 is 0. The monoisotopic (exact) mass is 505 g/mol. The fourth-order valence-corrected chi connectivity index (χ4v) is 0. The molecule has 0 aliphatic carbocycles. The predicted molar refractivity (Wildman–Crippen MR) is 51.8 cm³/mol. The van der Waals surface area contributed by atoms with Crippen LogP contribution >= 0.6 is 0 Å². The Morgan fingerprint density at radius 1 is 0.364 bits per heavy atom. The summed E-state index contributed by atoms with van der Waals surface area (Å²) in [6, 6.07) is 0. The standard InChI is InChI=1S/Ce.Mn.5NO3/c;;5*2-1(3)4/q+3;+2;5*-1. The van der Waals surface area contributed by atoms with E-state index in [0.717, 1.165) is 0 Å². The van der Waals surface area contributed by atoms with Gasteiger partial charge in [0.25, 0.3) is 0 Å². The summed E-state index contributed by atoms with van der Waals surface area (Å²) in [7, 11) is 0. The van der Waals surface area contributed by atoms with Gasteiger partial charge in [0, 0.05) is 0 Å². The Morgan fingerprint density at radius 2 is 0.364 bits per heavy atom. The van der Waals surface area contributed by atoms with Crippen LogP contribution in [0.25, 0.3) is 0 Å². The molecule has 0 bridgehead atoms. The first-order valence-corrected chi connectivity index (χ1v) is 2.74. The van der Waals surface area contributed by atoms with Crippen molar-refractivity contribution in [2.45, 2.75) is 0 Å². The van der Waals surface area contributed by atoms with Crippen molar-refractivity contribution in [3.63, 3.8) is 0 Å². The van der Waals surface area contributed by atoms with Crippen LogP contribution in [0.2, 0.25) is 0 Å². The van der Waals surface area contributed by atoms with Gasteiger partial charge in [0.1, 0.15) is 0 Å². The van der Waals surface area contributed by atoms with Crippen molar-refractivity contribution in [3.8, 4) is 0 Å². The van der Waals surface area contributed by atoms with Crippen LogP contribution in [0.1, 0.15) is 0 Å². The van der Waals surface area contributed by atoms with Crippen molar-refractivity contribution in [3.05, 3.63) is 76.6 Å². The molecule has 0 unspecified atom stereocenters. The van der Waals surface area contributed by atoms with E-state index in [4.69, 9.17) is 76.6 Å². The molecular formula is CeMnN5O15. The van der Waals surface area contributed by atoms with Gasteiger partial charge in [0.05, 0.1) is 25.4 Å². The Kier molecular flexibility index (Phi) is 70.7. The molecule has 0 aliphatic rings. The Bertz CT molecular complexity index is 213. The molecule has 2 radical (unpaired) electrons. The fourth-order valence-electron chi connectivity index (χ4n) is 0. The summed E-state index contributed by atoms with van der Waals surface area (Å²) in [5.74, 6) is 0. The van der Waals surface area contributed by atoms with Gasteiger partial charge in [0.2, 0.25) is 0 Å². The molecular weight excluding hydrogens is 505 g/mol. The number of hydrogen-bond acceptors (Lipinski definition) is 15. The van der Waals surface area contributed by atoms with E-state index in [-0.39, 0.29) is 58.8 Å². The van der Waals surface area contributed by atoms with Gasteiger partial charge in [-0.15, -0.1) is 0 Å². The summed E-state index contributed by atoms with van der Waals surface area (Å²) in [6.45, 7) is 0. The van der Waals surface area contributed by atoms with Crippen molar-refractivity contribution in [2.24, 2.45) is 0 Å². The van der Waals surface area contributed by atoms with Gasteiger partial charge >= 0.3 is 58.8 Å². The van der Waals surface area contributed by atoms with E-state index >= 15 is 0 Å². The van der Waals surface area contributed by atoms with Crippen LogP contribution in [-0.4, -0.2) is 25.4 Å². The van der Waals surface area contributed by atoms with E-state index in [1.54, 1.807) is 0 Å². The first-order valence-electron chi connectivity index (χ1n) is 2.74. The maximum Gasteiger partial charge on any atom is 3.00 e. The first kappa shape index (κ1) is 42.7. The molecule has 0 saturated carbocycles. The van der Waals surface area contributed by atoms with Gasteiger partial charge in [-0.05, 0) is 0 Å². The van der Waals surface area contributed by atoms with E-state index in [0.29, 0.717) is 0 Å². The molecule has 0 aromatic heterocycles. The Hall–Kier alpha value is -2.10. The summed E-state index contributed by atoms with van der Waals surface area (Å²) >= 11 is 0. The van der Waals surface area contributed by atoms with Crippen molar-refractivity contribution >= 4 is 0 Å². The Balaban J connectivity index is -0.0000000250. The largest absolute Gasteiger partial charge is 3.00 e. The normalized spacial score (nSPS) is 5.45. The van der Waals surface area contributed by atoms with E-state index in [1.807, 2.05) is 0 Å². The minimum atomic E-state index is -1.75.